The van der Waals surface area contributed by atoms with E-state index in [2.05, 4.69) is 37.1 Å². The molecule has 18 heavy (non-hydrogen) atoms. The zero-order valence-corrected chi connectivity index (χ0v) is 11.4. The molecule has 96 valence electrons. The standard InChI is InChI=1S/C15H21N3/c1-12-8-9-18(11-15(2,3)17-12)14-7-5-4-6-13(14)10-16/h4-7,12,17H,8-9,11H2,1-3H3. The van der Waals surface area contributed by atoms with Crippen molar-refractivity contribution >= 4 is 5.69 Å². The van der Waals surface area contributed by atoms with E-state index in [1.54, 1.807) is 0 Å². The number of nitrogens with one attached hydrogen (secondary N) is 1. The molecule has 1 aliphatic heterocycles. The minimum absolute atomic E-state index is 0.0679. The first-order valence-electron chi connectivity index (χ1n) is 6.53. The topological polar surface area (TPSA) is 39.1 Å². The van der Waals surface area contributed by atoms with Gasteiger partial charge in [0, 0.05) is 24.7 Å². The fourth-order valence-corrected chi connectivity index (χ4v) is 2.74. The van der Waals surface area contributed by atoms with Crippen molar-refractivity contribution in [3.05, 3.63) is 29.8 Å². The highest BCUT2D eigenvalue weighted by Crippen LogP contribution is 2.24. The van der Waals surface area contributed by atoms with Crippen LogP contribution in [0.5, 0.6) is 0 Å². The second-order valence-corrected chi connectivity index (χ2v) is 5.77. The average Bonchev–Trinajstić information content (AvgIpc) is 2.46. The Morgan fingerprint density at radius 2 is 2.11 bits per heavy atom. The first-order chi connectivity index (χ1) is 8.52. The maximum Gasteiger partial charge on any atom is 0.101 e. The zero-order valence-electron chi connectivity index (χ0n) is 11.4. The van der Waals surface area contributed by atoms with E-state index >= 15 is 0 Å². The molecule has 0 aliphatic carbocycles. The van der Waals surface area contributed by atoms with Gasteiger partial charge in [-0.15, -0.1) is 0 Å². The summed E-state index contributed by atoms with van der Waals surface area (Å²) in [6, 6.07) is 10.7. The van der Waals surface area contributed by atoms with Gasteiger partial charge in [0.05, 0.1) is 11.3 Å². The van der Waals surface area contributed by atoms with Crippen molar-refractivity contribution in [2.75, 3.05) is 18.0 Å². The van der Waals surface area contributed by atoms with Gasteiger partial charge in [-0.25, -0.2) is 0 Å². The van der Waals surface area contributed by atoms with E-state index in [-0.39, 0.29) is 5.54 Å². The summed E-state index contributed by atoms with van der Waals surface area (Å²) in [6.45, 7) is 8.58. The highest BCUT2D eigenvalue weighted by molar-refractivity contribution is 5.59. The number of rotatable bonds is 1. The van der Waals surface area contributed by atoms with E-state index < -0.39 is 0 Å². The Kier molecular flexibility index (Phi) is 3.58. The molecule has 0 bridgehead atoms. The van der Waals surface area contributed by atoms with Gasteiger partial charge in [-0.1, -0.05) is 12.1 Å². The van der Waals surface area contributed by atoms with Crippen LogP contribution in [0.25, 0.3) is 0 Å². The normalized spacial score (nSPS) is 23.2. The van der Waals surface area contributed by atoms with Crippen molar-refractivity contribution in [1.29, 1.82) is 5.26 Å². The van der Waals surface area contributed by atoms with Crippen molar-refractivity contribution in [1.82, 2.24) is 5.32 Å². The lowest BCUT2D eigenvalue weighted by molar-refractivity contribution is 0.368. The first-order valence-corrected chi connectivity index (χ1v) is 6.53. The van der Waals surface area contributed by atoms with Crippen molar-refractivity contribution in [2.45, 2.75) is 38.8 Å². The molecule has 1 aromatic rings. The maximum absolute atomic E-state index is 9.21. The monoisotopic (exact) mass is 243 g/mol. The molecular formula is C15H21N3. The van der Waals surface area contributed by atoms with E-state index in [4.69, 9.17) is 0 Å². The summed E-state index contributed by atoms with van der Waals surface area (Å²) in [5.74, 6) is 0. The van der Waals surface area contributed by atoms with Crippen molar-refractivity contribution in [2.24, 2.45) is 0 Å². The number of hydrogen-bond donors (Lipinski definition) is 1. The van der Waals surface area contributed by atoms with Gasteiger partial charge in [-0.05, 0) is 39.3 Å². The summed E-state index contributed by atoms with van der Waals surface area (Å²) >= 11 is 0. The third kappa shape index (κ3) is 2.83. The van der Waals surface area contributed by atoms with E-state index in [1.165, 1.54) is 0 Å². The molecule has 0 aromatic heterocycles. The molecular weight excluding hydrogens is 222 g/mol. The summed E-state index contributed by atoms with van der Waals surface area (Å²) in [7, 11) is 0. The minimum atomic E-state index is 0.0679. The second kappa shape index (κ2) is 4.99. The Balaban J connectivity index is 2.30. The Morgan fingerprint density at radius 3 is 2.83 bits per heavy atom. The fraction of sp³-hybridized carbons (Fsp3) is 0.533. The second-order valence-electron chi connectivity index (χ2n) is 5.77. The summed E-state index contributed by atoms with van der Waals surface area (Å²) in [5, 5.41) is 12.8. The maximum atomic E-state index is 9.21. The Labute approximate surface area is 109 Å². The van der Waals surface area contributed by atoms with Crippen molar-refractivity contribution in [3.8, 4) is 6.07 Å². The van der Waals surface area contributed by atoms with Gasteiger partial charge >= 0.3 is 0 Å². The molecule has 1 N–H and O–H groups in total. The van der Waals surface area contributed by atoms with Crippen LogP contribution in [0.2, 0.25) is 0 Å². The molecule has 2 rings (SSSR count). The van der Waals surface area contributed by atoms with Crippen molar-refractivity contribution in [3.63, 3.8) is 0 Å². The summed E-state index contributed by atoms with van der Waals surface area (Å²) in [6.07, 6.45) is 1.10. The van der Waals surface area contributed by atoms with Gasteiger partial charge in [0.1, 0.15) is 6.07 Å². The van der Waals surface area contributed by atoms with Gasteiger partial charge in [-0.3, -0.25) is 0 Å². The first kappa shape index (κ1) is 12.9. The molecule has 1 fully saturated rings. The molecule has 1 aliphatic rings. The van der Waals surface area contributed by atoms with E-state index in [1.807, 2.05) is 24.3 Å². The largest absolute Gasteiger partial charge is 0.369 e. The minimum Gasteiger partial charge on any atom is -0.369 e. The molecule has 1 atom stereocenters. The van der Waals surface area contributed by atoms with Gasteiger partial charge in [0.15, 0.2) is 0 Å². The predicted octanol–water partition coefficient (Wildman–Crippen LogP) is 2.53. The summed E-state index contributed by atoms with van der Waals surface area (Å²) in [4.78, 5) is 2.33. The van der Waals surface area contributed by atoms with Crippen LogP contribution in [0, 0.1) is 11.3 Å². The quantitative estimate of drug-likeness (QED) is 0.823. The highest BCUT2D eigenvalue weighted by Gasteiger charge is 2.28. The molecule has 0 spiro atoms. The third-order valence-electron chi connectivity index (χ3n) is 3.42. The molecule has 1 heterocycles. The van der Waals surface area contributed by atoms with Gasteiger partial charge < -0.3 is 10.2 Å². The van der Waals surface area contributed by atoms with Crippen LogP contribution in [0.15, 0.2) is 24.3 Å². The van der Waals surface area contributed by atoms with Crippen LogP contribution >= 0.6 is 0 Å². The lowest BCUT2D eigenvalue weighted by Crippen LogP contribution is -2.48. The number of nitrogens with zero attached hydrogens (tertiary/aromatic N) is 2. The molecule has 3 nitrogen and oxygen atoms in total. The Bertz CT molecular complexity index is 459. The summed E-state index contributed by atoms with van der Waals surface area (Å²) in [5.41, 5.74) is 1.89. The highest BCUT2D eigenvalue weighted by atomic mass is 15.2. The smallest absolute Gasteiger partial charge is 0.101 e. The average molecular weight is 243 g/mol. The predicted molar refractivity (Wildman–Crippen MR) is 74.7 cm³/mol. The van der Waals surface area contributed by atoms with Gasteiger partial charge in [-0.2, -0.15) is 5.26 Å². The van der Waals surface area contributed by atoms with Crippen molar-refractivity contribution < 1.29 is 0 Å². The molecule has 0 radical (unpaired) electrons. The lowest BCUT2D eigenvalue weighted by Gasteiger charge is -2.32. The van der Waals surface area contributed by atoms with Gasteiger partial charge in [0.2, 0.25) is 0 Å². The van der Waals surface area contributed by atoms with Crippen LogP contribution in [-0.2, 0) is 0 Å². The van der Waals surface area contributed by atoms with Gasteiger partial charge in [0.25, 0.3) is 0 Å². The number of nitriles is 1. The van der Waals surface area contributed by atoms with E-state index in [0.29, 0.717) is 6.04 Å². The van der Waals surface area contributed by atoms with E-state index in [9.17, 15) is 5.26 Å². The van der Waals surface area contributed by atoms with E-state index in [0.717, 1.165) is 30.8 Å². The number of hydrogen-bond acceptors (Lipinski definition) is 3. The van der Waals surface area contributed by atoms with Crippen LogP contribution in [0.3, 0.4) is 0 Å². The third-order valence-corrected chi connectivity index (χ3v) is 3.42. The Morgan fingerprint density at radius 1 is 1.39 bits per heavy atom. The van der Waals surface area contributed by atoms with Crippen LogP contribution in [0.1, 0.15) is 32.8 Å². The van der Waals surface area contributed by atoms with Crippen LogP contribution in [-0.4, -0.2) is 24.7 Å². The molecule has 1 saturated heterocycles. The number of anilines is 1. The molecule has 1 aromatic carbocycles. The zero-order chi connectivity index (χ0) is 13.2. The van der Waals surface area contributed by atoms with Crippen LogP contribution in [0.4, 0.5) is 5.69 Å². The van der Waals surface area contributed by atoms with Crippen LogP contribution < -0.4 is 10.2 Å². The summed E-state index contributed by atoms with van der Waals surface area (Å²) < 4.78 is 0. The number of para-hydroxylation sites is 1. The number of benzene rings is 1. The Hall–Kier alpha value is -1.53. The molecule has 0 saturated carbocycles. The fourth-order valence-electron chi connectivity index (χ4n) is 2.74. The lowest BCUT2D eigenvalue weighted by atomic mass is 10.0. The molecule has 1 unspecified atom stereocenters. The SMILES string of the molecule is CC1CCN(c2ccccc2C#N)CC(C)(C)N1. The molecule has 0 amide bonds. The molecule has 3 heteroatoms.